The van der Waals surface area contributed by atoms with Crippen molar-refractivity contribution in [2.45, 2.75) is 19.6 Å². The molecule has 0 saturated carbocycles. The summed E-state index contributed by atoms with van der Waals surface area (Å²) in [6.45, 7) is 5.30. The first-order chi connectivity index (χ1) is 10.8. The second-order valence-electron chi connectivity index (χ2n) is 5.44. The summed E-state index contributed by atoms with van der Waals surface area (Å²) in [6, 6.07) is 4.18. The molecule has 22 heavy (non-hydrogen) atoms. The Balaban J connectivity index is 1.70. The second kappa shape index (κ2) is 6.81. The van der Waals surface area contributed by atoms with Gasteiger partial charge in [-0.05, 0) is 18.6 Å². The molecule has 0 unspecified atom stereocenters. The van der Waals surface area contributed by atoms with Crippen molar-refractivity contribution in [2.24, 2.45) is 0 Å². The normalized spacial score (nSPS) is 19.1. The molecule has 1 aliphatic heterocycles. The standard InChI is InChI=1S/C16H21N5O/c1-12-3-4-13(9-20-12)10-21-7-8-22-14(11-21)15-16(17-2)19-6-5-18-15/h3-6,9,14H,7-8,10-11H2,1-2H3,(H,17,19)/t14-/m0/s1. The molecule has 1 atom stereocenters. The van der Waals surface area contributed by atoms with Crippen LogP contribution < -0.4 is 5.32 Å². The zero-order valence-electron chi connectivity index (χ0n) is 13.0. The molecule has 0 bridgehead atoms. The van der Waals surface area contributed by atoms with Gasteiger partial charge in [0.1, 0.15) is 17.6 Å². The van der Waals surface area contributed by atoms with Crippen molar-refractivity contribution in [3.8, 4) is 0 Å². The topological polar surface area (TPSA) is 63.2 Å². The van der Waals surface area contributed by atoms with E-state index in [9.17, 15) is 0 Å². The van der Waals surface area contributed by atoms with E-state index in [0.29, 0.717) is 6.61 Å². The minimum absolute atomic E-state index is 0.0525. The van der Waals surface area contributed by atoms with Gasteiger partial charge in [0.25, 0.3) is 0 Å². The Morgan fingerprint density at radius 3 is 2.91 bits per heavy atom. The van der Waals surface area contributed by atoms with Crippen LogP contribution in [0.25, 0.3) is 0 Å². The molecule has 1 saturated heterocycles. The van der Waals surface area contributed by atoms with Gasteiger partial charge < -0.3 is 10.1 Å². The molecule has 2 aromatic rings. The molecule has 0 radical (unpaired) electrons. The van der Waals surface area contributed by atoms with Crippen molar-refractivity contribution in [1.29, 1.82) is 0 Å². The summed E-state index contributed by atoms with van der Waals surface area (Å²) in [7, 11) is 1.85. The fraction of sp³-hybridized carbons (Fsp3) is 0.438. The van der Waals surface area contributed by atoms with Crippen molar-refractivity contribution in [3.63, 3.8) is 0 Å². The maximum atomic E-state index is 5.89. The maximum absolute atomic E-state index is 5.89. The largest absolute Gasteiger partial charge is 0.372 e. The summed E-state index contributed by atoms with van der Waals surface area (Å²) in [4.78, 5) is 15.5. The van der Waals surface area contributed by atoms with Crippen LogP contribution in [0.1, 0.15) is 23.1 Å². The molecule has 0 spiro atoms. The Bertz CT molecular complexity index is 616. The molecule has 6 heteroatoms. The van der Waals surface area contributed by atoms with E-state index in [1.807, 2.05) is 20.2 Å². The van der Waals surface area contributed by atoms with E-state index in [1.165, 1.54) is 5.56 Å². The van der Waals surface area contributed by atoms with E-state index in [-0.39, 0.29) is 6.10 Å². The van der Waals surface area contributed by atoms with Gasteiger partial charge in [0.15, 0.2) is 0 Å². The molecule has 3 rings (SSSR count). The number of ether oxygens (including phenoxy) is 1. The lowest BCUT2D eigenvalue weighted by Crippen LogP contribution is -2.38. The van der Waals surface area contributed by atoms with Crippen LogP contribution >= 0.6 is 0 Å². The van der Waals surface area contributed by atoms with E-state index in [2.05, 4.69) is 37.3 Å². The zero-order chi connectivity index (χ0) is 15.4. The molecule has 116 valence electrons. The van der Waals surface area contributed by atoms with Crippen molar-refractivity contribution in [1.82, 2.24) is 19.9 Å². The summed E-state index contributed by atoms with van der Waals surface area (Å²) in [5.41, 5.74) is 3.14. The van der Waals surface area contributed by atoms with E-state index >= 15 is 0 Å². The number of rotatable bonds is 4. The first kappa shape index (κ1) is 14.9. The number of anilines is 1. The van der Waals surface area contributed by atoms with Crippen molar-refractivity contribution >= 4 is 5.82 Å². The van der Waals surface area contributed by atoms with Gasteiger partial charge in [-0.25, -0.2) is 4.98 Å². The molecule has 0 aromatic carbocycles. The van der Waals surface area contributed by atoms with Gasteiger partial charge in [0, 0.05) is 51.0 Å². The number of nitrogens with zero attached hydrogens (tertiary/aromatic N) is 4. The number of pyridine rings is 1. The van der Waals surface area contributed by atoms with Crippen LogP contribution in [-0.2, 0) is 11.3 Å². The molecule has 6 nitrogen and oxygen atoms in total. The van der Waals surface area contributed by atoms with Crippen LogP contribution in [0.15, 0.2) is 30.7 Å². The SMILES string of the molecule is CNc1nccnc1[C@@H]1CN(Cc2ccc(C)nc2)CCO1. The number of aryl methyl sites for hydroxylation is 1. The fourth-order valence-corrected chi connectivity index (χ4v) is 2.64. The van der Waals surface area contributed by atoms with Crippen molar-refractivity contribution in [3.05, 3.63) is 47.7 Å². The molecular formula is C16H21N5O. The average molecular weight is 299 g/mol. The third kappa shape index (κ3) is 3.40. The predicted molar refractivity (Wildman–Crippen MR) is 84.5 cm³/mol. The van der Waals surface area contributed by atoms with E-state index < -0.39 is 0 Å². The van der Waals surface area contributed by atoms with Gasteiger partial charge >= 0.3 is 0 Å². The molecule has 3 heterocycles. The first-order valence-corrected chi connectivity index (χ1v) is 7.50. The van der Waals surface area contributed by atoms with E-state index in [0.717, 1.165) is 36.8 Å². The number of aromatic nitrogens is 3. The quantitative estimate of drug-likeness (QED) is 0.929. The molecular weight excluding hydrogens is 278 g/mol. The van der Waals surface area contributed by atoms with Crippen LogP contribution in [0.2, 0.25) is 0 Å². The Hall–Kier alpha value is -2.05. The molecule has 0 amide bonds. The van der Waals surface area contributed by atoms with Gasteiger partial charge in [0.05, 0.1) is 6.61 Å². The summed E-state index contributed by atoms with van der Waals surface area (Å²) < 4.78 is 5.89. The lowest BCUT2D eigenvalue weighted by atomic mass is 10.1. The van der Waals surface area contributed by atoms with Gasteiger partial charge in [-0.1, -0.05) is 6.07 Å². The number of morpholine rings is 1. The number of hydrogen-bond donors (Lipinski definition) is 1. The minimum atomic E-state index is -0.0525. The molecule has 1 N–H and O–H groups in total. The highest BCUT2D eigenvalue weighted by atomic mass is 16.5. The maximum Gasteiger partial charge on any atom is 0.150 e. The van der Waals surface area contributed by atoms with Crippen molar-refractivity contribution < 1.29 is 4.74 Å². The van der Waals surface area contributed by atoms with Crippen LogP contribution in [0.3, 0.4) is 0 Å². The zero-order valence-corrected chi connectivity index (χ0v) is 13.0. The highest BCUT2D eigenvalue weighted by molar-refractivity contribution is 5.40. The Kier molecular flexibility index (Phi) is 4.60. The summed E-state index contributed by atoms with van der Waals surface area (Å²) >= 11 is 0. The van der Waals surface area contributed by atoms with E-state index in [1.54, 1.807) is 12.4 Å². The van der Waals surface area contributed by atoms with E-state index in [4.69, 9.17) is 4.74 Å². The van der Waals surface area contributed by atoms with Gasteiger partial charge in [-0.15, -0.1) is 0 Å². The summed E-state index contributed by atoms with van der Waals surface area (Å²) in [6.07, 6.45) is 5.29. The number of nitrogens with one attached hydrogen (secondary N) is 1. The fourth-order valence-electron chi connectivity index (χ4n) is 2.64. The third-order valence-corrected chi connectivity index (χ3v) is 3.80. The Morgan fingerprint density at radius 1 is 1.27 bits per heavy atom. The molecule has 1 fully saturated rings. The van der Waals surface area contributed by atoms with Crippen LogP contribution in [0.4, 0.5) is 5.82 Å². The minimum Gasteiger partial charge on any atom is -0.372 e. The highest BCUT2D eigenvalue weighted by Crippen LogP contribution is 2.25. The Labute approximate surface area is 130 Å². The summed E-state index contributed by atoms with van der Waals surface area (Å²) in [5, 5.41) is 3.08. The molecule has 1 aliphatic rings. The van der Waals surface area contributed by atoms with Crippen LogP contribution in [-0.4, -0.2) is 46.6 Å². The highest BCUT2D eigenvalue weighted by Gasteiger charge is 2.25. The Morgan fingerprint density at radius 2 is 2.14 bits per heavy atom. The predicted octanol–water partition coefficient (Wildman–Crippen LogP) is 1.80. The average Bonchev–Trinajstić information content (AvgIpc) is 2.57. The lowest BCUT2D eigenvalue weighted by molar-refractivity contribution is -0.0347. The second-order valence-corrected chi connectivity index (χ2v) is 5.44. The van der Waals surface area contributed by atoms with Crippen molar-refractivity contribution in [2.75, 3.05) is 32.1 Å². The van der Waals surface area contributed by atoms with Gasteiger partial charge in [0.2, 0.25) is 0 Å². The van der Waals surface area contributed by atoms with Crippen LogP contribution in [0, 0.1) is 6.92 Å². The summed E-state index contributed by atoms with van der Waals surface area (Å²) in [5.74, 6) is 0.784. The molecule has 0 aliphatic carbocycles. The lowest BCUT2D eigenvalue weighted by Gasteiger charge is -2.33. The number of hydrogen-bond acceptors (Lipinski definition) is 6. The monoisotopic (exact) mass is 299 g/mol. The first-order valence-electron chi connectivity index (χ1n) is 7.50. The van der Waals surface area contributed by atoms with Gasteiger partial charge in [-0.3, -0.25) is 14.9 Å². The third-order valence-electron chi connectivity index (χ3n) is 3.80. The van der Waals surface area contributed by atoms with Crippen LogP contribution in [0.5, 0.6) is 0 Å². The van der Waals surface area contributed by atoms with Gasteiger partial charge in [-0.2, -0.15) is 0 Å². The smallest absolute Gasteiger partial charge is 0.150 e. The molecule has 2 aromatic heterocycles.